The molecule has 0 radical (unpaired) electrons. The van der Waals surface area contributed by atoms with Crippen LogP contribution in [0.25, 0.3) is 6.08 Å². The maximum atomic E-state index is 5.51. The van der Waals surface area contributed by atoms with Crippen LogP contribution in [-0.4, -0.2) is 10.9 Å². The van der Waals surface area contributed by atoms with Gasteiger partial charge in [0.15, 0.2) is 0 Å². The zero-order chi connectivity index (χ0) is 9.68. The van der Waals surface area contributed by atoms with E-state index >= 15 is 0 Å². The molecule has 0 heterocycles. The van der Waals surface area contributed by atoms with Gasteiger partial charge in [0.2, 0.25) is 0 Å². The lowest BCUT2D eigenvalue weighted by Gasteiger charge is -1.97. The quantitative estimate of drug-likeness (QED) is 0.615. The van der Waals surface area contributed by atoms with Crippen LogP contribution < -0.4 is 5.73 Å². The minimum atomic E-state index is 0.424. The molecule has 0 saturated heterocycles. The summed E-state index contributed by atoms with van der Waals surface area (Å²) in [5.74, 6) is 0.525. The maximum Gasteiger partial charge on any atom is 0.103 e. The number of hydrogen-bond acceptors (Lipinski definition) is 1. The van der Waals surface area contributed by atoms with Crippen LogP contribution >= 0.6 is 23.8 Å². The zero-order valence-corrected chi connectivity index (χ0v) is 8.61. The molecule has 3 heteroatoms. The van der Waals surface area contributed by atoms with Crippen molar-refractivity contribution in [1.82, 2.24) is 0 Å². The van der Waals surface area contributed by atoms with E-state index in [9.17, 15) is 0 Å². The predicted octanol–water partition coefficient (Wildman–Crippen LogP) is 2.57. The Morgan fingerprint density at radius 3 is 2.46 bits per heavy atom. The van der Waals surface area contributed by atoms with E-state index in [0.717, 1.165) is 11.1 Å². The van der Waals surface area contributed by atoms with Gasteiger partial charge in [0.05, 0.1) is 0 Å². The second-order valence-corrected chi connectivity index (χ2v) is 3.29. The van der Waals surface area contributed by atoms with Gasteiger partial charge in [-0.15, -0.1) is 11.6 Å². The van der Waals surface area contributed by atoms with Gasteiger partial charge in [0.1, 0.15) is 4.99 Å². The number of nitrogens with two attached hydrogens (primary N) is 1. The Kier molecular flexibility index (Phi) is 3.93. The fraction of sp³-hybridized carbons (Fsp3) is 0.100. The summed E-state index contributed by atoms with van der Waals surface area (Å²) in [4.78, 5) is 0.424. The van der Waals surface area contributed by atoms with Crippen molar-refractivity contribution in [1.29, 1.82) is 0 Å². The van der Waals surface area contributed by atoms with Crippen molar-refractivity contribution in [2.45, 2.75) is 0 Å². The van der Waals surface area contributed by atoms with Gasteiger partial charge in [0, 0.05) is 11.4 Å². The number of rotatable bonds is 3. The number of allylic oxidation sites excluding steroid dienone is 1. The fourth-order valence-corrected chi connectivity index (χ4v) is 1.16. The number of hydrogen-bond donors (Lipinski definition) is 1. The summed E-state index contributed by atoms with van der Waals surface area (Å²) in [6.45, 7) is 0. The normalized spacial score (nSPS) is 10.5. The number of alkyl halides is 1. The molecule has 1 rings (SSSR count). The molecule has 1 aromatic rings. The molecule has 1 nitrogen and oxygen atoms in total. The number of halogens is 1. The van der Waals surface area contributed by atoms with Gasteiger partial charge in [-0.3, -0.25) is 0 Å². The molecule has 0 amide bonds. The first-order valence-electron chi connectivity index (χ1n) is 3.86. The lowest BCUT2D eigenvalue weighted by atomic mass is 10.1. The van der Waals surface area contributed by atoms with Gasteiger partial charge in [0.25, 0.3) is 0 Å². The second kappa shape index (κ2) is 5.00. The minimum Gasteiger partial charge on any atom is -0.389 e. The monoisotopic (exact) mass is 211 g/mol. The van der Waals surface area contributed by atoms with E-state index in [1.807, 2.05) is 36.4 Å². The van der Waals surface area contributed by atoms with Crippen molar-refractivity contribution in [2.24, 2.45) is 5.73 Å². The molecule has 0 aliphatic heterocycles. The van der Waals surface area contributed by atoms with Crippen molar-refractivity contribution in [3.05, 3.63) is 41.5 Å². The Morgan fingerprint density at radius 1 is 1.38 bits per heavy atom. The standard InChI is InChI=1S/C10H10ClNS/c11-7-1-2-8-3-5-9(6-4-8)10(12)13/h1-6H,7H2,(H2,12,13). The van der Waals surface area contributed by atoms with Gasteiger partial charge in [-0.2, -0.15) is 0 Å². The molecule has 0 unspecified atom stereocenters. The van der Waals surface area contributed by atoms with Crippen molar-refractivity contribution in [2.75, 3.05) is 5.88 Å². The molecule has 1 aromatic carbocycles. The Morgan fingerprint density at radius 2 is 2.00 bits per heavy atom. The molecule has 0 fully saturated rings. The highest BCUT2D eigenvalue weighted by atomic mass is 35.5. The molecule has 0 aliphatic carbocycles. The van der Waals surface area contributed by atoms with Gasteiger partial charge in [-0.1, -0.05) is 48.6 Å². The topological polar surface area (TPSA) is 26.0 Å². The van der Waals surface area contributed by atoms with Crippen molar-refractivity contribution < 1.29 is 0 Å². The molecule has 2 N–H and O–H groups in total. The molecule has 0 spiro atoms. The van der Waals surface area contributed by atoms with E-state index in [2.05, 4.69) is 0 Å². The molecular formula is C10H10ClNS. The van der Waals surface area contributed by atoms with Crippen LogP contribution in [0.1, 0.15) is 11.1 Å². The van der Waals surface area contributed by atoms with Crippen molar-refractivity contribution in [3.8, 4) is 0 Å². The summed E-state index contributed by atoms with van der Waals surface area (Å²) < 4.78 is 0. The Balaban J connectivity index is 2.81. The van der Waals surface area contributed by atoms with Crippen LogP contribution in [0.15, 0.2) is 30.3 Å². The summed E-state index contributed by atoms with van der Waals surface area (Å²) in [6.07, 6.45) is 3.84. The lowest BCUT2D eigenvalue weighted by molar-refractivity contribution is 1.59. The highest BCUT2D eigenvalue weighted by molar-refractivity contribution is 7.80. The van der Waals surface area contributed by atoms with Crippen molar-refractivity contribution in [3.63, 3.8) is 0 Å². The third-order valence-corrected chi connectivity index (χ3v) is 2.01. The number of benzene rings is 1. The number of thiocarbonyl (C=S) groups is 1. The molecule has 13 heavy (non-hydrogen) atoms. The Bertz CT molecular complexity index is 316. The van der Waals surface area contributed by atoms with Crippen LogP contribution in [0.3, 0.4) is 0 Å². The van der Waals surface area contributed by atoms with Crippen LogP contribution in [0.4, 0.5) is 0 Å². The summed E-state index contributed by atoms with van der Waals surface area (Å²) in [6, 6.07) is 7.71. The van der Waals surface area contributed by atoms with E-state index in [0.29, 0.717) is 10.9 Å². The third-order valence-electron chi connectivity index (χ3n) is 1.59. The molecule has 0 aromatic heterocycles. The Labute approximate surface area is 88.2 Å². The van der Waals surface area contributed by atoms with Gasteiger partial charge < -0.3 is 5.73 Å². The van der Waals surface area contributed by atoms with E-state index in [1.165, 1.54) is 0 Å². The van der Waals surface area contributed by atoms with Crippen molar-refractivity contribution >= 4 is 34.9 Å². The smallest absolute Gasteiger partial charge is 0.103 e. The van der Waals surface area contributed by atoms with Gasteiger partial charge in [-0.25, -0.2) is 0 Å². The van der Waals surface area contributed by atoms with Gasteiger partial charge in [-0.05, 0) is 5.56 Å². The van der Waals surface area contributed by atoms with Crippen LogP contribution in [-0.2, 0) is 0 Å². The molecule has 0 bridgehead atoms. The van der Waals surface area contributed by atoms with E-state index in [4.69, 9.17) is 29.6 Å². The summed E-state index contributed by atoms with van der Waals surface area (Å²) in [7, 11) is 0. The minimum absolute atomic E-state index is 0.424. The van der Waals surface area contributed by atoms with Crippen LogP contribution in [0.2, 0.25) is 0 Å². The van der Waals surface area contributed by atoms with E-state index < -0.39 is 0 Å². The third kappa shape index (κ3) is 3.17. The first-order chi connectivity index (χ1) is 6.24. The first-order valence-corrected chi connectivity index (χ1v) is 4.80. The summed E-state index contributed by atoms with van der Waals surface area (Å²) in [5, 5.41) is 0. The molecule has 0 aliphatic rings. The average Bonchev–Trinajstić information content (AvgIpc) is 2.15. The molecule has 0 saturated carbocycles. The van der Waals surface area contributed by atoms with Crippen LogP contribution in [0, 0.1) is 0 Å². The van der Waals surface area contributed by atoms with Gasteiger partial charge >= 0.3 is 0 Å². The maximum absolute atomic E-state index is 5.51. The SMILES string of the molecule is NC(=S)c1ccc(C=CCCl)cc1. The summed E-state index contributed by atoms with van der Waals surface area (Å²) in [5.41, 5.74) is 7.44. The molecular weight excluding hydrogens is 202 g/mol. The highest BCUT2D eigenvalue weighted by Gasteiger charge is 1.93. The van der Waals surface area contributed by atoms with E-state index in [-0.39, 0.29) is 0 Å². The Hall–Kier alpha value is -0.860. The second-order valence-electron chi connectivity index (χ2n) is 2.54. The largest absolute Gasteiger partial charge is 0.389 e. The predicted molar refractivity (Wildman–Crippen MR) is 62.1 cm³/mol. The first kappa shape index (κ1) is 10.2. The molecule has 0 atom stereocenters. The fourth-order valence-electron chi connectivity index (χ4n) is 0.939. The van der Waals surface area contributed by atoms with E-state index in [1.54, 1.807) is 0 Å². The average molecular weight is 212 g/mol. The van der Waals surface area contributed by atoms with Crippen LogP contribution in [0.5, 0.6) is 0 Å². The highest BCUT2D eigenvalue weighted by Crippen LogP contribution is 2.06. The molecule has 68 valence electrons. The zero-order valence-electron chi connectivity index (χ0n) is 7.03. The lowest BCUT2D eigenvalue weighted by Crippen LogP contribution is -2.08. The summed E-state index contributed by atoms with van der Waals surface area (Å²) >= 11 is 10.3.